The molecule has 0 radical (unpaired) electrons. The highest BCUT2D eigenvalue weighted by Gasteiger charge is 2.52. The highest BCUT2D eigenvalue weighted by molar-refractivity contribution is 6.07. The van der Waals surface area contributed by atoms with Crippen LogP contribution in [-0.2, 0) is 9.59 Å². The zero-order valence-corrected chi connectivity index (χ0v) is 14.5. The predicted octanol–water partition coefficient (Wildman–Crippen LogP) is 1.39. The molecule has 1 N–H and O–H groups in total. The first kappa shape index (κ1) is 17.3. The van der Waals surface area contributed by atoms with Crippen LogP contribution in [0.2, 0.25) is 0 Å². The number of likely N-dealkylation sites (tertiary alicyclic amines) is 1. The van der Waals surface area contributed by atoms with Gasteiger partial charge in [0.2, 0.25) is 0 Å². The number of hydrogen-bond donors (Lipinski definition) is 1. The van der Waals surface area contributed by atoms with E-state index in [1.807, 2.05) is 18.2 Å². The molecular weight excluding hydrogens is 322 g/mol. The second-order valence-corrected chi connectivity index (χ2v) is 6.46. The fourth-order valence-corrected chi connectivity index (χ4v) is 3.42. The number of imide groups is 1. The summed E-state index contributed by atoms with van der Waals surface area (Å²) in [6.45, 7) is 4.70. The topological polar surface area (TPSA) is 79.0 Å². The van der Waals surface area contributed by atoms with Crippen molar-refractivity contribution < 1.29 is 19.1 Å². The lowest BCUT2D eigenvalue weighted by molar-refractivity contribution is -0.142. The van der Waals surface area contributed by atoms with Crippen LogP contribution in [0.5, 0.6) is 5.75 Å². The Kier molecular flexibility index (Phi) is 4.65. The molecule has 2 fully saturated rings. The van der Waals surface area contributed by atoms with Gasteiger partial charge in [0.25, 0.3) is 11.8 Å². The van der Waals surface area contributed by atoms with Gasteiger partial charge in [-0.25, -0.2) is 4.79 Å². The first-order valence-corrected chi connectivity index (χ1v) is 8.61. The summed E-state index contributed by atoms with van der Waals surface area (Å²) >= 11 is 0. The second kappa shape index (κ2) is 6.74. The van der Waals surface area contributed by atoms with Crippen molar-refractivity contribution in [2.24, 2.45) is 0 Å². The lowest BCUT2D eigenvalue weighted by Gasteiger charge is -2.38. The molecule has 0 bridgehead atoms. The fraction of sp³-hybridized carbons (Fsp3) is 0.500. The van der Waals surface area contributed by atoms with Gasteiger partial charge in [0.05, 0.1) is 0 Å². The molecule has 4 amide bonds. The van der Waals surface area contributed by atoms with Crippen LogP contribution in [0.25, 0.3) is 0 Å². The molecule has 0 unspecified atom stereocenters. The number of piperidine rings is 1. The van der Waals surface area contributed by atoms with E-state index in [4.69, 9.17) is 4.74 Å². The van der Waals surface area contributed by atoms with Gasteiger partial charge in [-0.1, -0.05) is 18.2 Å². The van der Waals surface area contributed by atoms with Crippen LogP contribution in [0.4, 0.5) is 4.79 Å². The zero-order valence-electron chi connectivity index (χ0n) is 14.5. The number of amides is 4. The van der Waals surface area contributed by atoms with Gasteiger partial charge in [0.1, 0.15) is 11.3 Å². The van der Waals surface area contributed by atoms with Gasteiger partial charge in [-0.15, -0.1) is 0 Å². The van der Waals surface area contributed by atoms with Crippen LogP contribution in [0.3, 0.4) is 0 Å². The molecule has 1 atom stereocenters. The van der Waals surface area contributed by atoms with Crippen molar-refractivity contribution in [2.75, 3.05) is 19.6 Å². The number of carbonyl (C=O) groups is 3. The Morgan fingerprint density at radius 2 is 1.88 bits per heavy atom. The van der Waals surface area contributed by atoms with Crippen LogP contribution in [0.15, 0.2) is 30.3 Å². The summed E-state index contributed by atoms with van der Waals surface area (Å²) in [4.78, 5) is 39.9. The molecule has 2 heterocycles. The average molecular weight is 345 g/mol. The highest BCUT2D eigenvalue weighted by Crippen LogP contribution is 2.29. The third-order valence-corrected chi connectivity index (χ3v) is 4.89. The summed E-state index contributed by atoms with van der Waals surface area (Å²) in [5.41, 5.74) is -0.854. The number of para-hydroxylation sites is 1. The number of rotatable bonds is 4. The number of urea groups is 1. The van der Waals surface area contributed by atoms with Gasteiger partial charge in [-0.3, -0.25) is 14.5 Å². The molecule has 0 aliphatic carbocycles. The van der Waals surface area contributed by atoms with Crippen LogP contribution in [0.1, 0.15) is 26.7 Å². The fourth-order valence-electron chi connectivity index (χ4n) is 3.42. The molecule has 0 saturated carbocycles. The number of hydrogen-bond acceptors (Lipinski definition) is 4. The number of carbonyl (C=O) groups excluding carboxylic acids is 3. The number of benzene rings is 1. The molecule has 2 aliphatic heterocycles. The van der Waals surface area contributed by atoms with Gasteiger partial charge in [0, 0.05) is 19.6 Å². The highest BCUT2D eigenvalue weighted by atomic mass is 16.5. The number of nitrogens with zero attached hydrogens (tertiary/aromatic N) is 2. The van der Waals surface area contributed by atoms with E-state index in [2.05, 4.69) is 5.32 Å². The van der Waals surface area contributed by atoms with Crippen molar-refractivity contribution in [2.45, 2.75) is 38.3 Å². The van der Waals surface area contributed by atoms with E-state index < -0.39 is 11.6 Å². The Hall–Kier alpha value is -2.57. The molecule has 0 aromatic heterocycles. The Morgan fingerprint density at radius 3 is 2.44 bits per heavy atom. The largest absolute Gasteiger partial charge is 0.481 e. The molecule has 2 saturated heterocycles. The van der Waals surface area contributed by atoms with Gasteiger partial charge in [-0.2, -0.15) is 0 Å². The molecule has 1 aromatic carbocycles. The minimum absolute atomic E-state index is 0.108. The summed E-state index contributed by atoms with van der Waals surface area (Å²) in [6.07, 6.45) is 0.257. The van der Waals surface area contributed by atoms with Crippen molar-refractivity contribution in [1.82, 2.24) is 15.1 Å². The molecule has 2 aliphatic rings. The molecule has 7 nitrogen and oxygen atoms in total. The van der Waals surface area contributed by atoms with E-state index >= 15 is 0 Å². The summed E-state index contributed by atoms with van der Waals surface area (Å²) in [5, 5.41) is 2.82. The minimum atomic E-state index is -0.854. The smallest absolute Gasteiger partial charge is 0.325 e. The van der Waals surface area contributed by atoms with Crippen molar-refractivity contribution in [3.8, 4) is 5.75 Å². The number of likely N-dealkylation sites (N-methyl/N-ethyl adjacent to an activating group) is 1. The minimum Gasteiger partial charge on any atom is -0.481 e. The molecule has 134 valence electrons. The maximum Gasteiger partial charge on any atom is 0.325 e. The number of nitrogens with one attached hydrogen (secondary N) is 1. The molecular formula is C18H23N3O4. The predicted molar refractivity (Wildman–Crippen MR) is 91.0 cm³/mol. The lowest BCUT2D eigenvalue weighted by Crippen LogP contribution is -2.57. The maximum absolute atomic E-state index is 12.6. The van der Waals surface area contributed by atoms with E-state index in [1.165, 1.54) is 4.90 Å². The Labute approximate surface area is 146 Å². The Bertz CT molecular complexity index is 668. The third kappa shape index (κ3) is 3.18. The van der Waals surface area contributed by atoms with Crippen LogP contribution < -0.4 is 10.1 Å². The molecule has 3 rings (SSSR count). The summed E-state index contributed by atoms with van der Waals surface area (Å²) in [5.74, 6) is 0.358. The Balaban J connectivity index is 1.59. The van der Waals surface area contributed by atoms with Gasteiger partial charge < -0.3 is 15.0 Å². The summed E-state index contributed by atoms with van der Waals surface area (Å²) in [6, 6.07) is 8.86. The first-order chi connectivity index (χ1) is 12.0. The van der Waals surface area contributed by atoms with Crippen LogP contribution >= 0.6 is 0 Å². The van der Waals surface area contributed by atoms with Crippen LogP contribution in [-0.4, -0.2) is 58.9 Å². The van der Waals surface area contributed by atoms with Crippen molar-refractivity contribution in [1.29, 1.82) is 0 Å². The number of ether oxygens (including phenoxy) is 1. The quantitative estimate of drug-likeness (QED) is 0.837. The monoisotopic (exact) mass is 345 g/mol. The average Bonchev–Trinajstić information content (AvgIpc) is 2.85. The molecule has 1 spiro atoms. The standard InChI is InChI=1S/C18H23N3O4/c1-3-21-16(23)18(19-17(21)24)9-11-20(12-10-18)15(22)13(2)25-14-7-5-4-6-8-14/h4-8,13H,3,9-12H2,1-2H3,(H,19,24)/t13-/m1/s1. The SMILES string of the molecule is CCN1C(=O)NC2(CCN(C(=O)[C@@H](C)Oc3ccccc3)CC2)C1=O. The van der Waals surface area contributed by atoms with Gasteiger partial charge >= 0.3 is 6.03 Å². The van der Waals surface area contributed by atoms with Gasteiger partial charge in [0.15, 0.2) is 6.10 Å². The van der Waals surface area contributed by atoms with Crippen molar-refractivity contribution >= 4 is 17.8 Å². The van der Waals surface area contributed by atoms with E-state index in [0.29, 0.717) is 38.2 Å². The second-order valence-electron chi connectivity index (χ2n) is 6.46. The van der Waals surface area contributed by atoms with E-state index in [0.717, 1.165) is 0 Å². The van der Waals surface area contributed by atoms with E-state index in [-0.39, 0.29) is 17.8 Å². The Morgan fingerprint density at radius 1 is 1.24 bits per heavy atom. The lowest BCUT2D eigenvalue weighted by atomic mass is 9.87. The maximum atomic E-state index is 12.6. The zero-order chi connectivity index (χ0) is 18.0. The van der Waals surface area contributed by atoms with E-state index in [9.17, 15) is 14.4 Å². The molecule has 25 heavy (non-hydrogen) atoms. The summed E-state index contributed by atoms with van der Waals surface area (Å²) in [7, 11) is 0. The summed E-state index contributed by atoms with van der Waals surface area (Å²) < 4.78 is 5.68. The third-order valence-electron chi connectivity index (χ3n) is 4.89. The van der Waals surface area contributed by atoms with E-state index in [1.54, 1.807) is 30.9 Å². The van der Waals surface area contributed by atoms with Crippen LogP contribution in [0, 0.1) is 0 Å². The molecule has 1 aromatic rings. The van der Waals surface area contributed by atoms with Crippen molar-refractivity contribution in [3.05, 3.63) is 30.3 Å². The molecule has 7 heteroatoms. The van der Waals surface area contributed by atoms with Crippen molar-refractivity contribution in [3.63, 3.8) is 0 Å². The van der Waals surface area contributed by atoms with Gasteiger partial charge in [-0.05, 0) is 38.8 Å². The normalized spacial score (nSPS) is 20.6. The first-order valence-electron chi connectivity index (χ1n) is 8.61.